The lowest BCUT2D eigenvalue weighted by atomic mass is 9.73. The van der Waals surface area contributed by atoms with E-state index in [2.05, 4.69) is 10.3 Å². The van der Waals surface area contributed by atoms with Crippen LogP contribution < -0.4 is 16.6 Å². The first kappa shape index (κ1) is 21.2. The van der Waals surface area contributed by atoms with E-state index in [1.807, 2.05) is 13.8 Å². The average molecular weight is 405 g/mol. The molecular formula is C20H27N3O6. The number of hydrogen-bond donors (Lipinski definition) is 3. The van der Waals surface area contributed by atoms with E-state index in [9.17, 15) is 24.3 Å². The van der Waals surface area contributed by atoms with Crippen molar-refractivity contribution in [3.8, 4) is 0 Å². The molecule has 3 N–H and O–H groups in total. The van der Waals surface area contributed by atoms with Crippen LogP contribution in [0.5, 0.6) is 0 Å². The lowest BCUT2D eigenvalue weighted by molar-refractivity contribution is -0.127. The summed E-state index contributed by atoms with van der Waals surface area (Å²) < 4.78 is 7.08. The predicted octanol–water partition coefficient (Wildman–Crippen LogP) is 0.315. The Morgan fingerprint density at radius 3 is 2.48 bits per heavy atom. The van der Waals surface area contributed by atoms with Crippen molar-refractivity contribution >= 4 is 11.6 Å². The third kappa shape index (κ3) is 4.25. The minimum Gasteiger partial charge on any atom is -0.394 e. The van der Waals surface area contributed by atoms with E-state index in [4.69, 9.17) is 4.74 Å². The molecule has 29 heavy (non-hydrogen) atoms. The quantitative estimate of drug-likeness (QED) is 0.486. The number of aromatic nitrogens is 2. The number of Topliss-reactive ketones (excluding diaryl/α,β-unsaturated/α-hetero) is 2. The van der Waals surface area contributed by atoms with Gasteiger partial charge in [0.25, 0.3) is 5.56 Å². The second kappa shape index (κ2) is 7.72. The van der Waals surface area contributed by atoms with Crippen LogP contribution in [0.1, 0.15) is 51.8 Å². The van der Waals surface area contributed by atoms with E-state index < -0.39 is 29.6 Å². The predicted molar refractivity (Wildman–Crippen MR) is 104 cm³/mol. The average Bonchev–Trinajstić information content (AvgIpc) is 2.98. The summed E-state index contributed by atoms with van der Waals surface area (Å²) in [6, 6.07) is -0.410. The molecule has 0 unspecified atom stereocenters. The number of ketones is 2. The Morgan fingerprint density at radius 2 is 1.90 bits per heavy atom. The molecule has 1 aromatic rings. The number of aromatic amines is 1. The fraction of sp³-hybridized carbons (Fsp3) is 0.600. The number of ether oxygens (including phenoxy) is 1. The first-order valence-electron chi connectivity index (χ1n) is 9.64. The second-order valence-corrected chi connectivity index (χ2v) is 8.64. The molecule has 9 heteroatoms. The summed E-state index contributed by atoms with van der Waals surface area (Å²) in [5.74, 6) is -0.389. The van der Waals surface area contributed by atoms with E-state index in [0.717, 1.165) is 0 Å². The van der Waals surface area contributed by atoms with Crippen LogP contribution in [0.3, 0.4) is 0 Å². The number of nitrogens with one attached hydrogen (secondary N) is 2. The molecule has 0 spiro atoms. The molecule has 0 amide bonds. The third-order valence-corrected chi connectivity index (χ3v) is 5.49. The Hall–Kier alpha value is -2.52. The molecule has 2 fully saturated rings. The maximum atomic E-state index is 12.5. The fourth-order valence-electron chi connectivity index (χ4n) is 4.06. The highest BCUT2D eigenvalue weighted by atomic mass is 16.5. The van der Waals surface area contributed by atoms with E-state index >= 15 is 0 Å². The Balaban J connectivity index is 1.83. The molecule has 158 valence electrons. The van der Waals surface area contributed by atoms with Gasteiger partial charge < -0.3 is 15.2 Å². The zero-order valence-electron chi connectivity index (χ0n) is 17.1. The van der Waals surface area contributed by atoms with Gasteiger partial charge in [-0.1, -0.05) is 13.8 Å². The number of allylic oxidation sites excluding steroid dienone is 2. The summed E-state index contributed by atoms with van der Waals surface area (Å²) in [5.41, 5.74) is -0.427. The molecule has 1 aromatic heterocycles. The third-order valence-electron chi connectivity index (χ3n) is 5.49. The van der Waals surface area contributed by atoms with Gasteiger partial charge >= 0.3 is 5.69 Å². The van der Waals surface area contributed by atoms with Gasteiger partial charge in [-0.15, -0.1) is 0 Å². The number of aliphatic hydroxyl groups is 1. The number of nitrogens with zero attached hydrogens (tertiary/aromatic N) is 1. The molecule has 0 radical (unpaired) electrons. The molecule has 1 saturated heterocycles. The number of aliphatic hydroxyl groups excluding tert-OH is 1. The van der Waals surface area contributed by atoms with Crippen molar-refractivity contribution in [3.05, 3.63) is 43.9 Å². The van der Waals surface area contributed by atoms with Crippen molar-refractivity contribution in [2.45, 2.75) is 65.3 Å². The van der Waals surface area contributed by atoms with Crippen molar-refractivity contribution in [2.24, 2.45) is 5.41 Å². The van der Waals surface area contributed by atoms with Gasteiger partial charge in [0.05, 0.1) is 18.2 Å². The summed E-state index contributed by atoms with van der Waals surface area (Å²) in [7, 11) is 0. The number of carbonyl (C=O) groups is 2. The summed E-state index contributed by atoms with van der Waals surface area (Å²) >= 11 is 0. The van der Waals surface area contributed by atoms with Crippen LogP contribution in [0, 0.1) is 12.3 Å². The molecule has 0 aromatic carbocycles. The van der Waals surface area contributed by atoms with E-state index in [1.54, 1.807) is 13.8 Å². The number of rotatable bonds is 4. The van der Waals surface area contributed by atoms with Crippen molar-refractivity contribution in [1.82, 2.24) is 14.9 Å². The summed E-state index contributed by atoms with van der Waals surface area (Å²) in [5, 5.41) is 12.9. The SMILES string of the molecule is CC(N[C@H]1C[C@H](n2cc(C)c(=O)[nH]c2=O)O[C@@H]1CO)=C1C(=O)CC(C)(C)CC1=O. The Labute approximate surface area is 167 Å². The maximum Gasteiger partial charge on any atom is 0.330 e. The van der Waals surface area contributed by atoms with Gasteiger partial charge in [0.2, 0.25) is 0 Å². The molecule has 0 bridgehead atoms. The molecular weight excluding hydrogens is 378 g/mol. The highest BCUT2D eigenvalue weighted by Crippen LogP contribution is 2.35. The first-order valence-corrected chi connectivity index (χ1v) is 9.64. The van der Waals surface area contributed by atoms with E-state index in [0.29, 0.717) is 30.5 Å². The zero-order valence-corrected chi connectivity index (χ0v) is 17.1. The van der Waals surface area contributed by atoms with E-state index in [1.165, 1.54) is 10.8 Å². The molecule has 2 aliphatic rings. The Morgan fingerprint density at radius 1 is 1.28 bits per heavy atom. The maximum absolute atomic E-state index is 12.5. The highest BCUT2D eigenvalue weighted by Gasteiger charge is 2.39. The van der Waals surface area contributed by atoms with Gasteiger partial charge in [-0.3, -0.25) is 23.9 Å². The Bertz CT molecular complexity index is 965. The molecule has 3 atom stereocenters. The second-order valence-electron chi connectivity index (χ2n) is 8.64. The van der Waals surface area contributed by atoms with Crippen molar-refractivity contribution in [2.75, 3.05) is 6.61 Å². The molecule has 1 aliphatic heterocycles. The smallest absolute Gasteiger partial charge is 0.330 e. The number of hydrogen-bond acceptors (Lipinski definition) is 7. The van der Waals surface area contributed by atoms with Crippen LogP contribution in [0.4, 0.5) is 0 Å². The largest absolute Gasteiger partial charge is 0.394 e. The van der Waals surface area contributed by atoms with Gasteiger partial charge in [-0.05, 0) is 19.3 Å². The first-order chi connectivity index (χ1) is 13.5. The van der Waals surface area contributed by atoms with Crippen LogP contribution in [-0.2, 0) is 14.3 Å². The molecule has 3 rings (SSSR count). The number of H-pyrrole nitrogens is 1. The standard InChI is InChI=1S/C20H27N3O6/c1-10-8-23(19(28)22-18(10)27)16-5-12(15(9-24)29-16)21-11(2)17-13(25)6-20(3,4)7-14(17)26/h8,12,15-16,21,24H,5-7,9H2,1-4H3,(H,22,27,28)/t12-,15+,16+/m0/s1. The lowest BCUT2D eigenvalue weighted by Gasteiger charge is -2.30. The van der Waals surface area contributed by atoms with Gasteiger partial charge in [-0.25, -0.2) is 4.79 Å². The van der Waals surface area contributed by atoms with Gasteiger partial charge in [0, 0.05) is 36.7 Å². The van der Waals surface area contributed by atoms with Gasteiger partial charge in [-0.2, -0.15) is 0 Å². The Kier molecular flexibility index (Phi) is 5.64. The lowest BCUT2D eigenvalue weighted by Crippen LogP contribution is -2.40. The van der Waals surface area contributed by atoms with Gasteiger partial charge in [0.15, 0.2) is 11.6 Å². The van der Waals surface area contributed by atoms with E-state index in [-0.39, 0.29) is 29.2 Å². The highest BCUT2D eigenvalue weighted by molar-refractivity contribution is 6.22. The zero-order chi connectivity index (χ0) is 21.5. The van der Waals surface area contributed by atoms with Gasteiger partial charge in [0.1, 0.15) is 12.3 Å². The summed E-state index contributed by atoms with van der Waals surface area (Å²) in [6.45, 7) is 6.73. The van der Waals surface area contributed by atoms with Crippen molar-refractivity contribution in [1.29, 1.82) is 0 Å². The molecule has 1 aliphatic carbocycles. The molecule has 1 saturated carbocycles. The van der Waals surface area contributed by atoms with Crippen LogP contribution in [0.15, 0.2) is 27.1 Å². The summed E-state index contributed by atoms with van der Waals surface area (Å²) in [6.07, 6.45) is 1.00. The van der Waals surface area contributed by atoms with Crippen LogP contribution in [0.25, 0.3) is 0 Å². The van der Waals surface area contributed by atoms with Crippen LogP contribution in [-0.4, -0.2) is 45.0 Å². The topological polar surface area (TPSA) is 130 Å². The van der Waals surface area contributed by atoms with Crippen molar-refractivity contribution in [3.63, 3.8) is 0 Å². The monoisotopic (exact) mass is 405 g/mol. The number of aryl methyl sites for hydroxylation is 1. The fourth-order valence-corrected chi connectivity index (χ4v) is 4.06. The molecule has 9 nitrogen and oxygen atoms in total. The summed E-state index contributed by atoms with van der Waals surface area (Å²) in [4.78, 5) is 51.0. The van der Waals surface area contributed by atoms with Crippen LogP contribution in [0.2, 0.25) is 0 Å². The van der Waals surface area contributed by atoms with Crippen LogP contribution >= 0.6 is 0 Å². The normalized spacial score (nSPS) is 26.7. The molecule has 2 heterocycles. The number of carbonyl (C=O) groups excluding carboxylic acids is 2. The van der Waals surface area contributed by atoms with Crippen molar-refractivity contribution < 1.29 is 19.4 Å². The minimum atomic E-state index is -0.692. The minimum absolute atomic E-state index is 0.168.